The summed E-state index contributed by atoms with van der Waals surface area (Å²) in [7, 11) is 0. The van der Waals surface area contributed by atoms with Crippen molar-refractivity contribution in [1.82, 2.24) is 15.3 Å². The van der Waals surface area contributed by atoms with Gasteiger partial charge in [0, 0.05) is 36.4 Å². The number of amides is 1. The summed E-state index contributed by atoms with van der Waals surface area (Å²) in [5, 5.41) is 14.5. The van der Waals surface area contributed by atoms with Crippen molar-refractivity contribution in [3.63, 3.8) is 0 Å². The predicted molar refractivity (Wildman–Crippen MR) is 81.1 cm³/mol. The third-order valence-electron chi connectivity index (χ3n) is 2.81. The van der Waals surface area contributed by atoms with E-state index in [0.717, 1.165) is 5.01 Å². The Bertz CT molecular complexity index is 659. The van der Waals surface area contributed by atoms with Gasteiger partial charge in [0.05, 0.1) is 16.1 Å². The molecule has 2 aromatic heterocycles. The molecule has 2 rings (SSSR count). The number of carbonyl (C=O) groups is 1. The second kappa shape index (κ2) is 7.53. The van der Waals surface area contributed by atoms with E-state index in [1.807, 2.05) is 12.3 Å². The van der Waals surface area contributed by atoms with Crippen molar-refractivity contribution in [3.05, 3.63) is 46.2 Å². The van der Waals surface area contributed by atoms with Crippen LogP contribution in [-0.2, 0) is 0 Å². The number of aliphatic hydroxyl groups excluding tert-OH is 1. The average molecular weight is 301 g/mol. The molecule has 2 heterocycles. The van der Waals surface area contributed by atoms with E-state index in [2.05, 4.69) is 27.1 Å². The van der Waals surface area contributed by atoms with E-state index >= 15 is 0 Å². The van der Waals surface area contributed by atoms with E-state index in [0.29, 0.717) is 17.7 Å². The molecule has 0 spiro atoms. The zero-order valence-corrected chi connectivity index (χ0v) is 12.4. The molecular weight excluding hydrogens is 286 g/mol. The number of aromatic nitrogens is 2. The summed E-state index contributed by atoms with van der Waals surface area (Å²) < 4.78 is 0. The fourth-order valence-corrected chi connectivity index (χ4v) is 2.43. The van der Waals surface area contributed by atoms with E-state index in [9.17, 15) is 4.79 Å². The van der Waals surface area contributed by atoms with Gasteiger partial charge in [0.25, 0.3) is 5.91 Å². The smallest absolute Gasteiger partial charge is 0.252 e. The summed E-state index contributed by atoms with van der Waals surface area (Å²) in [6.45, 7) is 2.26. The van der Waals surface area contributed by atoms with Crippen LogP contribution in [0.5, 0.6) is 0 Å². The molecule has 1 atom stereocenters. The number of nitrogens with one attached hydrogen (secondary N) is 1. The van der Waals surface area contributed by atoms with E-state index in [1.165, 1.54) is 6.20 Å². The third kappa shape index (κ3) is 4.12. The summed E-state index contributed by atoms with van der Waals surface area (Å²) in [5.41, 5.74) is 0.961. The molecule has 2 aromatic rings. The van der Waals surface area contributed by atoms with Gasteiger partial charge in [-0.25, -0.2) is 4.98 Å². The molecule has 1 unspecified atom stereocenters. The lowest BCUT2D eigenvalue weighted by molar-refractivity contribution is 0.0951. The lowest BCUT2D eigenvalue weighted by atomic mass is 10.1. The van der Waals surface area contributed by atoms with Crippen molar-refractivity contribution >= 4 is 17.2 Å². The number of carbonyl (C=O) groups excluding carboxylic acids is 1. The van der Waals surface area contributed by atoms with Crippen LogP contribution < -0.4 is 5.32 Å². The van der Waals surface area contributed by atoms with E-state index in [1.54, 1.807) is 29.8 Å². The van der Waals surface area contributed by atoms with Gasteiger partial charge in [0.15, 0.2) is 0 Å². The van der Waals surface area contributed by atoms with Gasteiger partial charge in [0.2, 0.25) is 0 Å². The minimum absolute atomic E-state index is 0.155. The van der Waals surface area contributed by atoms with Gasteiger partial charge >= 0.3 is 0 Å². The SMILES string of the molecule is CC(CNC(=O)c1ccncc1C#CCO)c1nccs1. The summed E-state index contributed by atoms with van der Waals surface area (Å²) in [6.07, 6.45) is 4.81. The lowest BCUT2D eigenvalue weighted by Gasteiger charge is -2.10. The number of thiazole rings is 1. The normalized spacial score (nSPS) is 11.3. The van der Waals surface area contributed by atoms with Crippen LogP contribution in [-0.4, -0.2) is 34.1 Å². The quantitative estimate of drug-likeness (QED) is 0.837. The molecule has 0 saturated heterocycles. The first-order chi connectivity index (χ1) is 10.2. The first-order valence-corrected chi connectivity index (χ1v) is 7.31. The molecule has 0 aromatic carbocycles. The molecule has 6 heteroatoms. The van der Waals surface area contributed by atoms with Crippen molar-refractivity contribution in [2.75, 3.05) is 13.2 Å². The first kappa shape index (κ1) is 15.2. The Hall–Kier alpha value is -2.23. The molecule has 0 saturated carbocycles. The second-order valence-electron chi connectivity index (χ2n) is 4.36. The Labute approximate surface area is 127 Å². The van der Waals surface area contributed by atoms with Crippen LogP contribution in [0.4, 0.5) is 0 Å². The van der Waals surface area contributed by atoms with Gasteiger partial charge in [-0.2, -0.15) is 0 Å². The fourth-order valence-electron chi connectivity index (χ4n) is 1.73. The molecule has 0 aliphatic carbocycles. The van der Waals surface area contributed by atoms with E-state index < -0.39 is 0 Å². The van der Waals surface area contributed by atoms with Crippen LogP contribution in [0.1, 0.15) is 33.8 Å². The van der Waals surface area contributed by atoms with Crippen molar-refractivity contribution in [2.45, 2.75) is 12.8 Å². The molecule has 5 nitrogen and oxygen atoms in total. The predicted octanol–water partition coefficient (Wildman–Crippen LogP) is 1.42. The monoisotopic (exact) mass is 301 g/mol. The molecule has 2 N–H and O–H groups in total. The van der Waals surface area contributed by atoms with Gasteiger partial charge in [-0.05, 0) is 6.07 Å². The maximum absolute atomic E-state index is 12.2. The molecule has 0 fully saturated rings. The van der Waals surface area contributed by atoms with Crippen LogP contribution >= 0.6 is 11.3 Å². The molecule has 0 aliphatic heterocycles. The zero-order chi connectivity index (χ0) is 15.1. The molecule has 21 heavy (non-hydrogen) atoms. The maximum atomic E-state index is 12.2. The fraction of sp³-hybridized carbons (Fsp3) is 0.267. The second-order valence-corrected chi connectivity index (χ2v) is 5.29. The van der Waals surface area contributed by atoms with E-state index in [-0.39, 0.29) is 18.4 Å². The number of hydrogen-bond donors (Lipinski definition) is 2. The zero-order valence-electron chi connectivity index (χ0n) is 11.5. The Kier molecular flexibility index (Phi) is 5.43. The maximum Gasteiger partial charge on any atom is 0.252 e. The summed E-state index contributed by atoms with van der Waals surface area (Å²) in [4.78, 5) is 20.4. The highest BCUT2D eigenvalue weighted by molar-refractivity contribution is 7.09. The number of rotatable bonds is 4. The highest BCUT2D eigenvalue weighted by Crippen LogP contribution is 2.16. The third-order valence-corrected chi connectivity index (χ3v) is 3.82. The summed E-state index contributed by atoms with van der Waals surface area (Å²) >= 11 is 1.57. The van der Waals surface area contributed by atoms with E-state index in [4.69, 9.17) is 5.11 Å². The van der Waals surface area contributed by atoms with Crippen molar-refractivity contribution in [1.29, 1.82) is 0 Å². The van der Waals surface area contributed by atoms with Crippen molar-refractivity contribution < 1.29 is 9.90 Å². The Morgan fingerprint density at radius 2 is 2.38 bits per heavy atom. The van der Waals surface area contributed by atoms with Crippen molar-refractivity contribution in [3.8, 4) is 11.8 Å². The Balaban J connectivity index is 2.04. The molecule has 108 valence electrons. The molecule has 0 bridgehead atoms. The standard InChI is InChI=1S/C15H15N3O2S/c1-11(15-17-6-8-21-15)9-18-14(20)13-4-5-16-10-12(13)3-2-7-19/h4-6,8,10-11,19H,7,9H2,1H3,(H,18,20). The largest absolute Gasteiger partial charge is 0.384 e. The molecule has 0 radical (unpaired) electrons. The molecular formula is C15H15N3O2S. The van der Waals surface area contributed by atoms with Crippen LogP contribution in [0.15, 0.2) is 30.0 Å². The minimum atomic E-state index is -0.253. The van der Waals surface area contributed by atoms with Gasteiger partial charge in [-0.15, -0.1) is 11.3 Å². The van der Waals surface area contributed by atoms with Crippen LogP contribution in [0.2, 0.25) is 0 Å². The molecule has 0 aliphatic rings. The van der Waals surface area contributed by atoms with Crippen LogP contribution in [0.25, 0.3) is 0 Å². The highest BCUT2D eigenvalue weighted by atomic mass is 32.1. The highest BCUT2D eigenvalue weighted by Gasteiger charge is 2.13. The van der Waals surface area contributed by atoms with Gasteiger partial charge in [-0.3, -0.25) is 9.78 Å². The van der Waals surface area contributed by atoms with Gasteiger partial charge < -0.3 is 10.4 Å². The first-order valence-electron chi connectivity index (χ1n) is 6.43. The van der Waals surface area contributed by atoms with Gasteiger partial charge in [0.1, 0.15) is 6.61 Å². The number of pyridine rings is 1. The number of aliphatic hydroxyl groups is 1. The molecule has 1 amide bonds. The summed E-state index contributed by atoms with van der Waals surface area (Å²) in [6, 6.07) is 1.62. The topological polar surface area (TPSA) is 75.1 Å². The van der Waals surface area contributed by atoms with Gasteiger partial charge in [-0.1, -0.05) is 18.8 Å². The number of nitrogens with zero attached hydrogens (tertiary/aromatic N) is 2. The minimum Gasteiger partial charge on any atom is -0.384 e. The Morgan fingerprint density at radius 3 is 3.10 bits per heavy atom. The van der Waals surface area contributed by atoms with Crippen LogP contribution in [0, 0.1) is 11.8 Å². The average Bonchev–Trinajstić information content (AvgIpc) is 3.05. The lowest BCUT2D eigenvalue weighted by Crippen LogP contribution is -2.28. The Morgan fingerprint density at radius 1 is 1.52 bits per heavy atom. The van der Waals surface area contributed by atoms with Crippen LogP contribution in [0.3, 0.4) is 0 Å². The van der Waals surface area contributed by atoms with Crippen molar-refractivity contribution in [2.24, 2.45) is 0 Å². The summed E-state index contributed by atoms with van der Waals surface area (Å²) in [5.74, 6) is 5.20. The number of hydrogen-bond acceptors (Lipinski definition) is 5.